The lowest BCUT2D eigenvalue weighted by Crippen LogP contribution is -2.32. The molecule has 12 nitrogen and oxygen atoms in total. The van der Waals surface area contributed by atoms with Crippen LogP contribution in [0.25, 0.3) is 0 Å². The fourth-order valence-electron chi connectivity index (χ4n) is 4.19. The number of ketones is 4. The number of Topliss-reactive ketones (excluding diaryl/α,β-unsaturated/α-hetero) is 4. The van der Waals surface area contributed by atoms with E-state index in [-0.39, 0.29) is 80.0 Å². The van der Waals surface area contributed by atoms with E-state index in [4.69, 9.17) is 18.9 Å². The number of unbranched alkanes of at least 4 members (excludes halogenated alkanes) is 3. The van der Waals surface area contributed by atoms with Gasteiger partial charge in [0.2, 0.25) is 11.8 Å². The summed E-state index contributed by atoms with van der Waals surface area (Å²) in [4.78, 5) is 71.4. The monoisotopic (exact) mass is 598 g/mol. The summed E-state index contributed by atoms with van der Waals surface area (Å²) in [5.41, 5.74) is 0. The highest BCUT2D eigenvalue weighted by Gasteiger charge is 2.35. The Balaban J connectivity index is 1.82. The first-order valence-corrected chi connectivity index (χ1v) is 15.1. The molecule has 1 unspecified atom stereocenters. The number of carbonyl (C=O) groups is 6. The Labute approximate surface area is 249 Å². The Morgan fingerprint density at radius 3 is 1.95 bits per heavy atom. The van der Waals surface area contributed by atoms with E-state index in [2.05, 4.69) is 5.32 Å². The maximum Gasteiger partial charge on any atom is 0.232 e. The van der Waals surface area contributed by atoms with E-state index in [0.717, 1.165) is 25.7 Å². The Morgan fingerprint density at radius 1 is 0.714 bits per heavy atom. The van der Waals surface area contributed by atoms with Crippen LogP contribution in [0.2, 0.25) is 0 Å². The number of ether oxygens (including phenoxy) is 4. The number of hydrogen-bond donors (Lipinski definition) is 1. The Morgan fingerprint density at radius 2 is 1.31 bits per heavy atom. The molecule has 0 radical (unpaired) electrons. The summed E-state index contributed by atoms with van der Waals surface area (Å²) in [6, 6.07) is 0. The molecule has 1 rings (SSSR count). The maximum atomic E-state index is 12.0. The van der Waals surface area contributed by atoms with Crippen LogP contribution < -0.4 is 5.32 Å². The van der Waals surface area contributed by atoms with Crippen molar-refractivity contribution < 1.29 is 47.7 Å². The summed E-state index contributed by atoms with van der Waals surface area (Å²) in [6.45, 7) is 6.64. The third-order valence-corrected chi connectivity index (χ3v) is 6.55. The quantitative estimate of drug-likeness (QED) is 0.0991. The first kappa shape index (κ1) is 37.6. The molecule has 42 heavy (non-hydrogen) atoms. The predicted octanol–water partition coefficient (Wildman–Crippen LogP) is 1.84. The van der Waals surface area contributed by atoms with Crippen LogP contribution in [-0.2, 0) is 47.7 Å². The molecule has 1 saturated heterocycles. The van der Waals surface area contributed by atoms with Gasteiger partial charge in [0.05, 0.1) is 39.6 Å². The molecule has 0 aromatic rings. The van der Waals surface area contributed by atoms with Crippen molar-refractivity contribution in [2.24, 2.45) is 5.92 Å². The molecule has 0 aliphatic carbocycles. The van der Waals surface area contributed by atoms with Gasteiger partial charge in [0.25, 0.3) is 0 Å². The molecule has 1 fully saturated rings. The lowest BCUT2D eigenvalue weighted by Gasteiger charge is -2.13. The van der Waals surface area contributed by atoms with E-state index >= 15 is 0 Å². The summed E-state index contributed by atoms with van der Waals surface area (Å²) in [6.07, 6.45) is 5.60. The molecule has 2 amide bonds. The van der Waals surface area contributed by atoms with Gasteiger partial charge in [-0.3, -0.25) is 33.7 Å². The minimum Gasteiger partial charge on any atom is -0.379 e. The SMILES string of the molecule is CC(=O)COCCOCCCC(=O)COCCOCCNCC(=O)CCCCCCC(=O)CCN1C(=O)CC(C)C1=O. The van der Waals surface area contributed by atoms with Gasteiger partial charge in [-0.2, -0.15) is 0 Å². The highest BCUT2D eigenvalue weighted by atomic mass is 16.5. The summed E-state index contributed by atoms with van der Waals surface area (Å²) < 4.78 is 21.2. The van der Waals surface area contributed by atoms with Crippen LogP contribution in [0, 0.1) is 5.92 Å². The molecule has 1 N–H and O–H groups in total. The van der Waals surface area contributed by atoms with Crippen molar-refractivity contribution in [1.29, 1.82) is 0 Å². The molecule has 1 aliphatic rings. The summed E-state index contributed by atoms with van der Waals surface area (Å²) in [7, 11) is 0. The Hall–Kier alpha value is -2.38. The van der Waals surface area contributed by atoms with Crippen molar-refractivity contribution in [2.75, 3.05) is 72.5 Å². The van der Waals surface area contributed by atoms with E-state index in [1.165, 1.54) is 11.8 Å². The first-order chi connectivity index (χ1) is 20.2. The number of hydrogen-bond acceptors (Lipinski definition) is 11. The molecule has 0 spiro atoms. The van der Waals surface area contributed by atoms with Crippen LogP contribution in [-0.4, -0.2) is 112 Å². The van der Waals surface area contributed by atoms with E-state index in [1.807, 2.05) is 0 Å². The van der Waals surface area contributed by atoms with Crippen molar-refractivity contribution in [1.82, 2.24) is 10.2 Å². The molecular formula is C30H50N2O10. The largest absolute Gasteiger partial charge is 0.379 e. The zero-order valence-electron chi connectivity index (χ0n) is 25.5. The molecule has 1 heterocycles. The third kappa shape index (κ3) is 19.7. The van der Waals surface area contributed by atoms with Gasteiger partial charge in [0.15, 0.2) is 11.6 Å². The molecule has 0 aromatic heterocycles. The van der Waals surface area contributed by atoms with Gasteiger partial charge in [-0.15, -0.1) is 0 Å². The second-order valence-electron chi connectivity index (χ2n) is 10.6. The maximum absolute atomic E-state index is 12.0. The second kappa shape index (κ2) is 24.1. The van der Waals surface area contributed by atoms with Gasteiger partial charge >= 0.3 is 0 Å². The van der Waals surface area contributed by atoms with Gasteiger partial charge in [0, 0.05) is 57.7 Å². The Kier molecular flexibility index (Phi) is 21.6. The van der Waals surface area contributed by atoms with Crippen LogP contribution in [0.3, 0.4) is 0 Å². The molecule has 0 saturated carbocycles. The van der Waals surface area contributed by atoms with Crippen LogP contribution in [0.1, 0.15) is 78.1 Å². The average molecular weight is 599 g/mol. The van der Waals surface area contributed by atoms with Crippen molar-refractivity contribution in [3.63, 3.8) is 0 Å². The normalized spacial score (nSPS) is 15.0. The minimum atomic E-state index is -0.282. The highest BCUT2D eigenvalue weighted by Crippen LogP contribution is 2.19. The average Bonchev–Trinajstić information content (AvgIpc) is 3.19. The van der Waals surface area contributed by atoms with Crippen LogP contribution in [0.5, 0.6) is 0 Å². The number of nitrogens with one attached hydrogen (secondary N) is 1. The molecule has 240 valence electrons. The number of amides is 2. The molecule has 0 aromatic carbocycles. The third-order valence-electron chi connectivity index (χ3n) is 6.55. The first-order valence-electron chi connectivity index (χ1n) is 15.1. The topological polar surface area (TPSA) is 155 Å². The minimum absolute atomic E-state index is 0.000194. The number of likely N-dealkylation sites (tertiary alicyclic amines) is 1. The summed E-state index contributed by atoms with van der Waals surface area (Å²) in [5, 5.41) is 3.06. The molecule has 0 bridgehead atoms. The molecule has 1 aliphatic heterocycles. The van der Waals surface area contributed by atoms with E-state index in [0.29, 0.717) is 71.9 Å². The molecule has 1 atom stereocenters. The van der Waals surface area contributed by atoms with Gasteiger partial charge in [-0.1, -0.05) is 19.8 Å². The lowest BCUT2D eigenvalue weighted by atomic mass is 10.1. The van der Waals surface area contributed by atoms with Crippen molar-refractivity contribution in [2.45, 2.75) is 78.1 Å². The van der Waals surface area contributed by atoms with Gasteiger partial charge in [-0.05, 0) is 26.2 Å². The number of nitrogens with zero attached hydrogens (tertiary/aromatic N) is 1. The zero-order valence-corrected chi connectivity index (χ0v) is 25.5. The highest BCUT2D eigenvalue weighted by molar-refractivity contribution is 6.03. The van der Waals surface area contributed by atoms with Crippen LogP contribution in [0.15, 0.2) is 0 Å². The lowest BCUT2D eigenvalue weighted by molar-refractivity contribution is -0.139. The zero-order chi connectivity index (χ0) is 31.0. The molecule has 12 heteroatoms. The predicted molar refractivity (Wildman–Crippen MR) is 154 cm³/mol. The summed E-state index contributed by atoms with van der Waals surface area (Å²) >= 11 is 0. The van der Waals surface area contributed by atoms with E-state index in [9.17, 15) is 28.8 Å². The number of carbonyl (C=O) groups excluding carboxylic acids is 6. The standard InChI is InChI=1S/C30H50N2O10/c1-24-20-29(37)32(30(24)38)13-11-26(34)8-5-3-4-6-9-27(35)21-31-12-15-40-17-19-42-23-28(36)10-7-14-39-16-18-41-22-25(2)33/h24,31H,3-23H2,1-2H3. The fraction of sp³-hybridized carbons (Fsp3) is 0.800. The number of imide groups is 1. The second-order valence-corrected chi connectivity index (χ2v) is 10.6. The fourth-order valence-corrected chi connectivity index (χ4v) is 4.19. The van der Waals surface area contributed by atoms with Crippen LogP contribution >= 0.6 is 0 Å². The Bertz CT molecular complexity index is 848. The van der Waals surface area contributed by atoms with Crippen molar-refractivity contribution in [3.05, 3.63) is 0 Å². The van der Waals surface area contributed by atoms with Crippen LogP contribution in [0.4, 0.5) is 0 Å². The van der Waals surface area contributed by atoms with Gasteiger partial charge < -0.3 is 24.3 Å². The van der Waals surface area contributed by atoms with E-state index in [1.54, 1.807) is 6.92 Å². The smallest absolute Gasteiger partial charge is 0.232 e. The van der Waals surface area contributed by atoms with Gasteiger partial charge in [0.1, 0.15) is 24.8 Å². The number of rotatable bonds is 29. The van der Waals surface area contributed by atoms with Crippen molar-refractivity contribution >= 4 is 34.9 Å². The molecular weight excluding hydrogens is 548 g/mol. The van der Waals surface area contributed by atoms with Gasteiger partial charge in [-0.25, -0.2) is 0 Å². The summed E-state index contributed by atoms with van der Waals surface area (Å²) in [5.74, 6) is -0.494. The van der Waals surface area contributed by atoms with Crippen molar-refractivity contribution in [3.8, 4) is 0 Å². The van der Waals surface area contributed by atoms with E-state index < -0.39 is 0 Å².